The Bertz CT molecular complexity index is 508. The third kappa shape index (κ3) is 1.92. The summed E-state index contributed by atoms with van der Waals surface area (Å²) in [4.78, 5) is 10.8. The lowest BCUT2D eigenvalue weighted by Gasteiger charge is -1.90. The van der Waals surface area contributed by atoms with Crippen molar-refractivity contribution < 1.29 is 9.21 Å². The standard InChI is InChI=1S/C9H11N5O2/c1-5-4-7(13-14(5)3)8-11-12-9(16-8)10-6(2)15/h4H,1-3H3,(H,10,12,15). The van der Waals surface area contributed by atoms with Crippen LogP contribution in [0.15, 0.2) is 10.5 Å². The van der Waals surface area contributed by atoms with Crippen LogP contribution in [0.4, 0.5) is 6.01 Å². The van der Waals surface area contributed by atoms with Crippen LogP contribution in [0.2, 0.25) is 0 Å². The van der Waals surface area contributed by atoms with Gasteiger partial charge < -0.3 is 4.42 Å². The number of anilines is 1. The molecule has 1 amide bonds. The van der Waals surface area contributed by atoms with Gasteiger partial charge in [0.1, 0.15) is 5.69 Å². The van der Waals surface area contributed by atoms with E-state index in [4.69, 9.17) is 4.42 Å². The molecule has 0 aliphatic heterocycles. The van der Waals surface area contributed by atoms with Crippen molar-refractivity contribution in [1.82, 2.24) is 20.0 Å². The summed E-state index contributed by atoms with van der Waals surface area (Å²) in [6.45, 7) is 3.29. The lowest BCUT2D eigenvalue weighted by molar-refractivity contribution is -0.114. The fraction of sp³-hybridized carbons (Fsp3) is 0.333. The van der Waals surface area contributed by atoms with Gasteiger partial charge in [0.25, 0.3) is 5.89 Å². The van der Waals surface area contributed by atoms with E-state index in [0.717, 1.165) is 5.69 Å². The number of hydrogen-bond acceptors (Lipinski definition) is 5. The van der Waals surface area contributed by atoms with E-state index in [9.17, 15) is 4.79 Å². The van der Waals surface area contributed by atoms with Gasteiger partial charge in [-0.05, 0) is 13.0 Å². The van der Waals surface area contributed by atoms with E-state index in [1.54, 1.807) is 4.68 Å². The first-order valence-electron chi connectivity index (χ1n) is 4.68. The van der Waals surface area contributed by atoms with Crippen molar-refractivity contribution in [3.8, 4) is 11.6 Å². The quantitative estimate of drug-likeness (QED) is 0.808. The zero-order valence-electron chi connectivity index (χ0n) is 9.18. The van der Waals surface area contributed by atoms with Crippen LogP contribution in [-0.4, -0.2) is 25.9 Å². The fourth-order valence-corrected chi connectivity index (χ4v) is 1.19. The third-order valence-electron chi connectivity index (χ3n) is 2.04. The summed E-state index contributed by atoms with van der Waals surface area (Å²) in [5, 5.41) is 14.0. The maximum absolute atomic E-state index is 10.8. The number of carbonyl (C=O) groups excluding carboxylic acids is 1. The van der Waals surface area contributed by atoms with Gasteiger partial charge >= 0.3 is 6.01 Å². The van der Waals surface area contributed by atoms with Crippen LogP contribution in [0.25, 0.3) is 11.6 Å². The number of nitrogens with one attached hydrogen (secondary N) is 1. The molecule has 1 N–H and O–H groups in total. The molecule has 0 saturated heterocycles. The Morgan fingerprint density at radius 1 is 1.50 bits per heavy atom. The number of aromatic nitrogens is 4. The van der Waals surface area contributed by atoms with E-state index in [1.807, 2.05) is 20.0 Å². The van der Waals surface area contributed by atoms with Crippen molar-refractivity contribution in [3.05, 3.63) is 11.8 Å². The minimum absolute atomic E-state index is 0.0748. The Morgan fingerprint density at radius 3 is 2.81 bits per heavy atom. The molecule has 0 aliphatic rings. The first-order chi connectivity index (χ1) is 7.56. The third-order valence-corrected chi connectivity index (χ3v) is 2.04. The summed E-state index contributed by atoms with van der Waals surface area (Å²) in [6, 6.07) is 1.90. The highest BCUT2D eigenvalue weighted by Gasteiger charge is 2.12. The zero-order chi connectivity index (χ0) is 11.7. The summed E-state index contributed by atoms with van der Waals surface area (Å²) in [5.41, 5.74) is 1.57. The van der Waals surface area contributed by atoms with Crippen LogP contribution in [0.5, 0.6) is 0 Å². The number of hydrogen-bond donors (Lipinski definition) is 1. The number of amides is 1. The molecule has 0 aliphatic carbocycles. The Kier molecular flexibility index (Phi) is 2.43. The van der Waals surface area contributed by atoms with Crippen molar-refractivity contribution in [1.29, 1.82) is 0 Å². The van der Waals surface area contributed by atoms with E-state index in [2.05, 4.69) is 20.6 Å². The molecule has 2 aromatic heterocycles. The van der Waals surface area contributed by atoms with Crippen LogP contribution < -0.4 is 5.32 Å². The highest BCUT2D eigenvalue weighted by molar-refractivity contribution is 5.86. The van der Waals surface area contributed by atoms with Crippen molar-refractivity contribution in [3.63, 3.8) is 0 Å². The SMILES string of the molecule is CC(=O)Nc1nnc(-c2cc(C)n(C)n2)o1. The molecule has 16 heavy (non-hydrogen) atoms. The number of carbonyl (C=O) groups is 1. The minimum atomic E-state index is -0.257. The van der Waals surface area contributed by atoms with Gasteiger partial charge in [0, 0.05) is 19.7 Å². The first kappa shape index (κ1) is 10.3. The Balaban J connectivity index is 2.27. The number of nitrogens with zero attached hydrogens (tertiary/aromatic N) is 4. The lowest BCUT2D eigenvalue weighted by Crippen LogP contribution is -2.05. The lowest BCUT2D eigenvalue weighted by atomic mass is 10.4. The monoisotopic (exact) mass is 221 g/mol. The largest absolute Gasteiger partial charge is 0.401 e. The normalized spacial score (nSPS) is 10.4. The van der Waals surface area contributed by atoms with Gasteiger partial charge in [0.15, 0.2) is 0 Å². The van der Waals surface area contributed by atoms with Gasteiger partial charge in [-0.15, -0.1) is 5.10 Å². The molecule has 84 valence electrons. The average molecular weight is 221 g/mol. The average Bonchev–Trinajstić information content (AvgIpc) is 2.74. The molecule has 0 bridgehead atoms. The Labute approximate surface area is 91.5 Å². The molecule has 2 aromatic rings. The van der Waals surface area contributed by atoms with Crippen LogP contribution >= 0.6 is 0 Å². The Hall–Kier alpha value is -2.18. The highest BCUT2D eigenvalue weighted by Crippen LogP contribution is 2.18. The molecule has 0 atom stereocenters. The molecule has 0 unspecified atom stereocenters. The molecular formula is C9H11N5O2. The second-order valence-electron chi connectivity index (χ2n) is 3.39. The fourth-order valence-electron chi connectivity index (χ4n) is 1.19. The first-order valence-corrected chi connectivity index (χ1v) is 4.68. The van der Waals surface area contributed by atoms with Gasteiger partial charge in [-0.2, -0.15) is 5.10 Å². The summed E-state index contributed by atoms with van der Waals surface area (Å²) in [6.07, 6.45) is 0. The van der Waals surface area contributed by atoms with E-state index < -0.39 is 0 Å². The number of aryl methyl sites for hydroxylation is 2. The van der Waals surface area contributed by atoms with E-state index in [-0.39, 0.29) is 17.8 Å². The van der Waals surface area contributed by atoms with Crippen molar-refractivity contribution >= 4 is 11.9 Å². The number of rotatable bonds is 2. The van der Waals surface area contributed by atoms with Crippen LogP contribution in [-0.2, 0) is 11.8 Å². The molecule has 0 radical (unpaired) electrons. The second kappa shape index (κ2) is 3.76. The molecule has 7 nitrogen and oxygen atoms in total. The highest BCUT2D eigenvalue weighted by atomic mass is 16.4. The van der Waals surface area contributed by atoms with Crippen LogP contribution in [0.3, 0.4) is 0 Å². The molecule has 0 fully saturated rings. The van der Waals surface area contributed by atoms with Crippen LogP contribution in [0, 0.1) is 6.92 Å². The summed E-state index contributed by atoms with van der Waals surface area (Å²) < 4.78 is 6.92. The molecule has 0 aromatic carbocycles. The van der Waals surface area contributed by atoms with E-state index >= 15 is 0 Å². The molecule has 7 heteroatoms. The smallest absolute Gasteiger partial charge is 0.322 e. The minimum Gasteiger partial charge on any atom is -0.401 e. The summed E-state index contributed by atoms with van der Waals surface area (Å²) >= 11 is 0. The molecule has 2 heterocycles. The molecule has 2 rings (SSSR count). The van der Waals surface area contributed by atoms with Crippen molar-refractivity contribution in [2.75, 3.05) is 5.32 Å². The predicted octanol–water partition coefficient (Wildman–Crippen LogP) is 0.737. The van der Waals surface area contributed by atoms with Gasteiger partial charge in [-0.25, -0.2) is 0 Å². The summed E-state index contributed by atoms with van der Waals surface area (Å²) in [7, 11) is 1.82. The van der Waals surface area contributed by atoms with Crippen molar-refractivity contribution in [2.45, 2.75) is 13.8 Å². The topological polar surface area (TPSA) is 85.8 Å². The maximum atomic E-state index is 10.8. The van der Waals surface area contributed by atoms with E-state index in [1.165, 1.54) is 6.92 Å². The van der Waals surface area contributed by atoms with Crippen molar-refractivity contribution in [2.24, 2.45) is 7.05 Å². The predicted molar refractivity (Wildman–Crippen MR) is 55.5 cm³/mol. The maximum Gasteiger partial charge on any atom is 0.322 e. The molecule has 0 saturated carbocycles. The zero-order valence-corrected chi connectivity index (χ0v) is 9.18. The van der Waals surface area contributed by atoms with Gasteiger partial charge in [-0.3, -0.25) is 14.8 Å². The van der Waals surface area contributed by atoms with Crippen LogP contribution in [0.1, 0.15) is 12.6 Å². The molecule has 0 spiro atoms. The second-order valence-corrected chi connectivity index (χ2v) is 3.39. The molecular weight excluding hydrogens is 210 g/mol. The Morgan fingerprint density at radius 2 is 2.25 bits per heavy atom. The van der Waals surface area contributed by atoms with Gasteiger partial charge in [0.2, 0.25) is 5.91 Å². The van der Waals surface area contributed by atoms with Gasteiger partial charge in [0.05, 0.1) is 0 Å². The van der Waals surface area contributed by atoms with E-state index in [0.29, 0.717) is 5.69 Å². The van der Waals surface area contributed by atoms with Gasteiger partial charge in [-0.1, -0.05) is 5.10 Å². The summed E-state index contributed by atoms with van der Waals surface area (Å²) in [5.74, 6) is 0.0276.